The Morgan fingerprint density at radius 3 is 2.40 bits per heavy atom. The van der Waals surface area contributed by atoms with Crippen molar-refractivity contribution in [1.29, 1.82) is 0 Å². The lowest BCUT2D eigenvalue weighted by atomic mass is 10.3. The second-order valence-corrected chi connectivity index (χ2v) is 3.44. The molecule has 0 spiro atoms. The van der Waals surface area contributed by atoms with E-state index in [9.17, 15) is 9.18 Å². The largest absolute Gasteiger partial charge is 0.326 e. The molecule has 1 aliphatic heterocycles. The van der Waals surface area contributed by atoms with E-state index >= 15 is 0 Å². The van der Waals surface area contributed by atoms with Crippen molar-refractivity contribution >= 4 is 24.0 Å². The van der Waals surface area contributed by atoms with Crippen LogP contribution >= 0.6 is 12.4 Å². The van der Waals surface area contributed by atoms with Gasteiger partial charge in [0.2, 0.25) is 5.91 Å². The third-order valence-corrected chi connectivity index (χ3v) is 2.29. The van der Waals surface area contributed by atoms with Gasteiger partial charge in [0.1, 0.15) is 5.82 Å². The number of hydrogen-bond donors (Lipinski definition) is 1. The van der Waals surface area contributed by atoms with Crippen molar-refractivity contribution in [2.75, 3.05) is 11.4 Å². The molecule has 1 unspecified atom stereocenters. The van der Waals surface area contributed by atoms with Gasteiger partial charge in [0.25, 0.3) is 0 Å². The number of nitrogens with zero attached hydrogens (tertiary/aromatic N) is 1. The Balaban J connectivity index is 0.00000112. The minimum absolute atomic E-state index is 0. The van der Waals surface area contributed by atoms with Crippen LogP contribution in [0.1, 0.15) is 6.42 Å². The van der Waals surface area contributed by atoms with E-state index in [-0.39, 0.29) is 30.2 Å². The van der Waals surface area contributed by atoms with Gasteiger partial charge in [-0.05, 0) is 24.3 Å². The molecule has 1 aromatic carbocycles. The third-order valence-electron chi connectivity index (χ3n) is 2.29. The summed E-state index contributed by atoms with van der Waals surface area (Å²) in [6.45, 7) is 0.518. The number of benzene rings is 1. The Labute approximate surface area is 93.5 Å². The quantitative estimate of drug-likeness (QED) is 0.791. The summed E-state index contributed by atoms with van der Waals surface area (Å²) in [6.07, 6.45) is 0.372. The number of amides is 1. The number of nitrogens with two attached hydrogens (primary N) is 1. The molecule has 0 aromatic heterocycles. The zero-order chi connectivity index (χ0) is 10.1. The summed E-state index contributed by atoms with van der Waals surface area (Å²) < 4.78 is 12.6. The van der Waals surface area contributed by atoms with E-state index in [1.165, 1.54) is 12.1 Å². The van der Waals surface area contributed by atoms with Crippen molar-refractivity contribution in [2.45, 2.75) is 12.5 Å². The van der Waals surface area contributed by atoms with Gasteiger partial charge in [0, 0.05) is 24.7 Å². The molecular weight excluding hydrogens is 219 g/mol. The molecule has 0 aliphatic carbocycles. The van der Waals surface area contributed by atoms with Crippen LogP contribution in [0, 0.1) is 5.82 Å². The molecular formula is C10H12ClFN2O. The van der Waals surface area contributed by atoms with Crippen LogP contribution in [-0.4, -0.2) is 18.5 Å². The average molecular weight is 231 g/mol. The van der Waals surface area contributed by atoms with E-state index in [0.29, 0.717) is 18.7 Å². The van der Waals surface area contributed by atoms with Gasteiger partial charge in [-0.1, -0.05) is 0 Å². The van der Waals surface area contributed by atoms with Crippen molar-refractivity contribution in [3.05, 3.63) is 30.1 Å². The maximum atomic E-state index is 12.6. The molecule has 5 heteroatoms. The maximum Gasteiger partial charge on any atom is 0.228 e. The Hall–Kier alpha value is -1.13. The fraction of sp³-hybridized carbons (Fsp3) is 0.300. The molecule has 1 fully saturated rings. The topological polar surface area (TPSA) is 46.3 Å². The van der Waals surface area contributed by atoms with Crippen LogP contribution in [0.4, 0.5) is 10.1 Å². The van der Waals surface area contributed by atoms with Gasteiger partial charge in [-0.25, -0.2) is 4.39 Å². The van der Waals surface area contributed by atoms with Crippen LogP contribution in [0.15, 0.2) is 24.3 Å². The summed E-state index contributed by atoms with van der Waals surface area (Å²) in [6, 6.07) is 5.75. The normalized spacial score (nSPS) is 20.3. The van der Waals surface area contributed by atoms with E-state index in [2.05, 4.69) is 0 Å². The molecule has 0 bridgehead atoms. The second-order valence-electron chi connectivity index (χ2n) is 3.44. The Bertz CT molecular complexity index is 355. The third kappa shape index (κ3) is 2.46. The molecule has 15 heavy (non-hydrogen) atoms. The van der Waals surface area contributed by atoms with Crippen molar-refractivity contribution in [3.8, 4) is 0 Å². The fourth-order valence-corrected chi connectivity index (χ4v) is 1.61. The number of rotatable bonds is 1. The van der Waals surface area contributed by atoms with Gasteiger partial charge in [-0.2, -0.15) is 0 Å². The van der Waals surface area contributed by atoms with Gasteiger partial charge in [0.05, 0.1) is 0 Å². The van der Waals surface area contributed by atoms with Gasteiger partial charge < -0.3 is 10.6 Å². The van der Waals surface area contributed by atoms with Gasteiger partial charge >= 0.3 is 0 Å². The summed E-state index contributed by atoms with van der Waals surface area (Å²) in [7, 11) is 0. The summed E-state index contributed by atoms with van der Waals surface area (Å²) in [5.41, 5.74) is 6.36. The van der Waals surface area contributed by atoms with Crippen molar-refractivity contribution < 1.29 is 9.18 Å². The number of carbonyl (C=O) groups is 1. The lowest BCUT2D eigenvalue weighted by Crippen LogP contribution is -2.27. The smallest absolute Gasteiger partial charge is 0.228 e. The van der Waals surface area contributed by atoms with E-state index < -0.39 is 0 Å². The van der Waals surface area contributed by atoms with Gasteiger partial charge in [-0.3, -0.25) is 4.79 Å². The fourth-order valence-electron chi connectivity index (χ4n) is 1.61. The summed E-state index contributed by atoms with van der Waals surface area (Å²) in [5, 5.41) is 0. The second kappa shape index (κ2) is 4.59. The molecule has 0 radical (unpaired) electrons. The molecule has 1 aliphatic rings. The van der Waals surface area contributed by atoms with Crippen LogP contribution in [0.5, 0.6) is 0 Å². The number of halogens is 2. The standard InChI is InChI=1S/C10H11FN2O.ClH/c11-7-1-3-9(4-2-7)13-6-8(12)5-10(13)14;/h1-4,8H,5-6,12H2;1H. The van der Waals surface area contributed by atoms with Crippen LogP contribution in [-0.2, 0) is 4.79 Å². The van der Waals surface area contributed by atoms with Crippen LogP contribution < -0.4 is 10.6 Å². The van der Waals surface area contributed by atoms with E-state index in [4.69, 9.17) is 5.73 Å². The predicted octanol–water partition coefficient (Wildman–Crippen LogP) is 1.31. The highest BCUT2D eigenvalue weighted by molar-refractivity contribution is 5.96. The molecule has 82 valence electrons. The lowest BCUT2D eigenvalue weighted by molar-refractivity contribution is -0.117. The minimum atomic E-state index is -0.301. The zero-order valence-corrected chi connectivity index (χ0v) is 8.84. The first-order valence-electron chi connectivity index (χ1n) is 4.48. The molecule has 1 saturated heterocycles. The first-order chi connectivity index (χ1) is 6.66. The first kappa shape index (κ1) is 11.9. The molecule has 3 nitrogen and oxygen atoms in total. The molecule has 1 amide bonds. The van der Waals surface area contributed by atoms with Gasteiger partial charge in [0.15, 0.2) is 0 Å². The molecule has 1 aromatic rings. The Morgan fingerprint density at radius 2 is 1.93 bits per heavy atom. The Morgan fingerprint density at radius 1 is 1.33 bits per heavy atom. The molecule has 2 N–H and O–H groups in total. The van der Waals surface area contributed by atoms with E-state index in [0.717, 1.165) is 0 Å². The number of anilines is 1. The highest BCUT2D eigenvalue weighted by Crippen LogP contribution is 2.20. The lowest BCUT2D eigenvalue weighted by Gasteiger charge is -2.15. The predicted molar refractivity (Wildman–Crippen MR) is 58.6 cm³/mol. The SMILES string of the molecule is Cl.NC1CC(=O)N(c2ccc(F)cc2)C1. The molecule has 2 rings (SSSR count). The number of carbonyl (C=O) groups excluding carboxylic acids is 1. The highest BCUT2D eigenvalue weighted by atomic mass is 35.5. The summed E-state index contributed by atoms with van der Waals surface area (Å²) >= 11 is 0. The summed E-state index contributed by atoms with van der Waals surface area (Å²) in [4.78, 5) is 13.0. The number of hydrogen-bond acceptors (Lipinski definition) is 2. The Kier molecular flexibility index (Phi) is 3.66. The first-order valence-corrected chi connectivity index (χ1v) is 4.48. The molecule has 1 atom stereocenters. The summed E-state index contributed by atoms with van der Waals surface area (Å²) in [5.74, 6) is -0.297. The molecule has 0 saturated carbocycles. The monoisotopic (exact) mass is 230 g/mol. The van der Waals surface area contributed by atoms with Crippen LogP contribution in [0.3, 0.4) is 0 Å². The zero-order valence-electron chi connectivity index (χ0n) is 8.02. The highest BCUT2D eigenvalue weighted by Gasteiger charge is 2.27. The maximum absolute atomic E-state index is 12.6. The van der Waals surface area contributed by atoms with Crippen molar-refractivity contribution in [3.63, 3.8) is 0 Å². The van der Waals surface area contributed by atoms with Crippen LogP contribution in [0.25, 0.3) is 0 Å². The van der Waals surface area contributed by atoms with Crippen molar-refractivity contribution in [1.82, 2.24) is 0 Å². The van der Waals surface area contributed by atoms with Gasteiger partial charge in [-0.15, -0.1) is 12.4 Å². The van der Waals surface area contributed by atoms with E-state index in [1.807, 2.05) is 0 Å². The average Bonchev–Trinajstić information content (AvgIpc) is 2.47. The van der Waals surface area contributed by atoms with E-state index in [1.54, 1.807) is 17.0 Å². The minimum Gasteiger partial charge on any atom is -0.326 e. The van der Waals surface area contributed by atoms with Crippen molar-refractivity contribution in [2.24, 2.45) is 5.73 Å². The van der Waals surface area contributed by atoms with Crippen LogP contribution in [0.2, 0.25) is 0 Å². The molecule has 1 heterocycles.